The van der Waals surface area contributed by atoms with E-state index in [1.54, 1.807) is 25.1 Å². The number of carbonyl (C=O) groups is 1. The van der Waals surface area contributed by atoms with E-state index in [-0.39, 0.29) is 5.91 Å². The molecule has 148 valence electrons. The average Bonchev–Trinajstić information content (AvgIpc) is 2.75. The molecule has 1 amide bonds. The molecule has 0 spiro atoms. The largest absolute Gasteiger partial charge is 0.497 e. The molecule has 1 aromatic carbocycles. The number of amides is 1. The predicted octanol–water partition coefficient (Wildman–Crippen LogP) is 4.37. The molecule has 1 aliphatic rings. The van der Waals surface area contributed by atoms with E-state index in [1.807, 2.05) is 30.3 Å². The van der Waals surface area contributed by atoms with Crippen molar-refractivity contribution in [2.75, 3.05) is 25.5 Å². The molecule has 0 saturated carbocycles. The molecule has 1 aromatic heterocycles. The maximum Gasteiger partial charge on any atom is 0.252 e. The lowest BCUT2D eigenvalue weighted by Crippen LogP contribution is -2.25. The van der Waals surface area contributed by atoms with Crippen LogP contribution in [0.4, 0.5) is 5.69 Å². The van der Waals surface area contributed by atoms with E-state index in [0.29, 0.717) is 12.1 Å². The molecule has 5 nitrogen and oxygen atoms in total. The first-order chi connectivity index (χ1) is 13.7. The molecule has 1 aliphatic carbocycles. The second-order valence-corrected chi connectivity index (χ2v) is 7.10. The van der Waals surface area contributed by atoms with E-state index in [0.717, 1.165) is 36.4 Å². The van der Waals surface area contributed by atoms with Crippen molar-refractivity contribution in [2.45, 2.75) is 38.5 Å². The maximum atomic E-state index is 12.4. The number of hydrogen-bond donors (Lipinski definition) is 2. The topological polar surface area (TPSA) is 63.2 Å². The van der Waals surface area contributed by atoms with Crippen LogP contribution in [0.3, 0.4) is 0 Å². The van der Waals surface area contributed by atoms with Crippen molar-refractivity contribution < 1.29 is 9.53 Å². The van der Waals surface area contributed by atoms with Crippen LogP contribution in [0.2, 0.25) is 0 Å². The van der Waals surface area contributed by atoms with E-state index >= 15 is 0 Å². The number of aromatic nitrogens is 1. The smallest absolute Gasteiger partial charge is 0.252 e. The zero-order valence-corrected chi connectivity index (χ0v) is 16.5. The van der Waals surface area contributed by atoms with Crippen LogP contribution in [0, 0.1) is 0 Å². The Balaban J connectivity index is 1.44. The Morgan fingerprint density at radius 1 is 1.11 bits per heavy atom. The van der Waals surface area contributed by atoms with Crippen LogP contribution in [-0.2, 0) is 6.42 Å². The number of nitrogens with zero attached hydrogens (tertiary/aromatic N) is 1. The summed E-state index contributed by atoms with van der Waals surface area (Å²) in [5, 5.41) is 6.35. The number of nitrogens with one attached hydrogen (secondary N) is 2. The SMILES string of the molecule is COc1ccc(CCNC(=O)c2cncc(NCCC3=CCCCC3)c2)cc1. The standard InChI is InChI=1S/C23H29N3O2/c1-28-22-9-7-19(8-10-22)12-14-26-23(27)20-15-21(17-24-16-20)25-13-11-18-5-3-2-4-6-18/h5,7-10,15-17,25H,2-4,6,11-14H2,1H3,(H,26,27). The first-order valence-corrected chi connectivity index (χ1v) is 10.0. The van der Waals surface area contributed by atoms with Gasteiger partial charge >= 0.3 is 0 Å². The van der Waals surface area contributed by atoms with E-state index in [9.17, 15) is 4.79 Å². The Hall–Kier alpha value is -2.82. The number of pyridine rings is 1. The summed E-state index contributed by atoms with van der Waals surface area (Å²) < 4.78 is 5.16. The van der Waals surface area contributed by atoms with Crippen LogP contribution >= 0.6 is 0 Å². The van der Waals surface area contributed by atoms with Gasteiger partial charge in [-0.15, -0.1) is 0 Å². The molecule has 3 rings (SSSR count). The molecule has 0 atom stereocenters. The van der Waals surface area contributed by atoms with Crippen molar-refractivity contribution in [2.24, 2.45) is 0 Å². The van der Waals surface area contributed by atoms with Crippen molar-refractivity contribution in [1.29, 1.82) is 0 Å². The molecule has 0 saturated heterocycles. The molecule has 0 unspecified atom stereocenters. The highest BCUT2D eigenvalue weighted by Crippen LogP contribution is 2.20. The van der Waals surface area contributed by atoms with Gasteiger partial charge in [0, 0.05) is 25.5 Å². The fourth-order valence-electron chi connectivity index (χ4n) is 3.37. The molecule has 0 radical (unpaired) electrons. The van der Waals surface area contributed by atoms with Gasteiger partial charge in [-0.3, -0.25) is 9.78 Å². The van der Waals surface area contributed by atoms with Crippen molar-refractivity contribution in [1.82, 2.24) is 10.3 Å². The van der Waals surface area contributed by atoms with Crippen molar-refractivity contribution >= 4 is 11.6 Å². The fourth-order valence-corrected chi connectivity index (χ4v) is 3.37. The van der Waals surface area contributed by atoms with Crippen LogP contribution in [0.15, 0.2) is 54.4 Å². The van der Waals surface area contributed by atoms with E-state index in [1.165, 1.54) is 25.7 Å². The molecular formula is C23H29N3O2. The number of rotatable bonds is 9. The Labute approximate surface area is 167 Å². The van der Waals surface area contributed by atoms with Gasteiger partial charge in [0.05, 0.1) is 18.4 Å². The monoisotopic (exact) mass is 379 g/mol. The van der Waals surface area contributed by atoms with E-state index in [4.69, 9.17) is 4.74 Å². The summed E-state index contributed by atoms with van der Waals surface area (Å²) in [6, 6.07) is 9.75. The number of anilines is 1. The number of ether oxygens (including phenoxy) is 1. The average molecular weight is 380 g/mol. The second kappa shape index (κ2) is 10.5. The number of methoxy groups -OCH3 is 1. The normalized spacial score (nSPS) is 13.5. The first kappa shape index (κ1) is 19.9. The molecular weight excluding hydrogens is 350 g/mol. The van der Waals surface area contributed by atoms with Crippen LogP contribution in [-0.4, -0.2) is 31.1 Å². The highest BCUT2D eigenvalue weighted by atomic mass is 16.5. The third kappa shape index (κ3) is 6.12. The first-order valence-electron chi connectivity index (χ1n) is 10.0. The highest BCUT2D eigenvalue weighted by molar-refractivity contribution is 5.94. The lowest BCUT2D eigenvalue weighted by molar-refractivity contribution is 0.0954. The predicted molar refractivity (Wildman–Crippen MR) is 113 cm³/mol. The minimum Gasteiger partial charge on any atom is -0.497 e. The lowest BCUT2D eigenvalue weighted by Gasteiger charge is -2.13. The van der Waals surface area contributed by atoms with Crippen LogP contribution in [0.5, 0.6) is 5.75 Å². The number of benzene rings is 1. The zero-order valence-electron chi connectivity index (χ0n) is 16.5. The number of allylic oxidation sites excluding steroid dienone is 1. The Morgan fingerprint density at radius 3 is 2.71 bits per heavy atom. The van der Waals surface area contributed by atoms with Gasteiger partial charge in [-0.1, -0.05) is 23.8 Å². The van der Waals surface area contributed by atoms with Gasteiger partial charge < -0.3 is 15.4 Å². The summed E-state index contributed by atoms with van der Waals surface area (Å²) in [6.45, 7) is 1.45. The van der Waals surface area contributed by atoms with Crippen LogP contribution in [0.25, 0.3) is 0 Å². The quantitative estimate of drug-likeness (QED) is 0.635. The van der Waals surface area contributed by atoms with Gasteiger partial charge in [-0.2, -0.15) is 0 Å². The van der Waals surface area contributed by atoms with Crippen molar-refractivity contribution in [3.8, 4) is 5.75 Å². The van der Waals surface area contributed by atoms with Crippen molar-refractivity contribution in [3.05, 3.63) is 65.5 Å². The summed E-state index contributed by atoms with van der Waals surface area (Å²) in [4.78, 5) is 16.6. The van der Waals surface area contributed by atoms with Crippen LogP contribution in [0.1, 0.15) is 48.0 Å². The van der Waals surface area contributed by atoms with E-state index in [2.05, 4.69) is 21.7 Å². The minimum absolute atomic E-state index is 0.0975. The Bertz CT molecular complexity index is 800. The fraction of sp³-hybridized carbons (Fsp3) is 0.391. The van der Waals surface area contributed by atoms with Crippen LogP contribution < -0.4 is 15.4 Å². The summed E-state index contributed by atoms with van der Waals surface area (Å²) >= 11 is 0. The molecule has 1 heterocycles. The third-order valence-corrected chi connectivity index (χ3v) is 5.02. The van der Waals surface area contributed by atoms with E-state index < -0.39 is 0 Å². The summed E-state index contributed by atoms with van der Waals surface area (Å²) in [5.41, 5.74) is 4.17. The zero-order chi connectivity index (χ0) is 19.6. The minimum atomic E-state index is -0.0975. The van der Waals surface area contributed by atoms with Gasteiger partial charge in [-0.25, -0.2) is 0 Å². The number of hydrogen-bond acceptors (Lipinski definition) is 4. The molecule has 28 heavy (non-hydrogen) atoms. The summed E-state index contributed by atoms with van der Waals surface area (Å²) in [5.74, 6) is 0.739. The van der Waals surface area contributed by atoms with Gasteiger partial charge in [0.15, 0.2) is 0 Å². The van der Waals surface area contributed by atoms with Gasteiger partial charge in [-0.05, 0) is 62.3 Å². The Morgan fingerprint density at radius 2 is 1.96 bits per heavy atom. The van der Waals surface area contributed by atoms with Gasteiger partial charge in [0.1, 0.15) is 5.75 Å². The number of carbonyl (C=O) groups excluding carboxylic acids is 1. The van der Waals surface area contributed by atoms with Gasteiger partial charge in [0.2, 0.25) is 0 Å². The molecule has 2 N–H and O–H groups in total. The molecule has 0 aliphatic heterocycles. The lowest BCUT2D eigenvalue weighted by atomic mass is 9.97. The van der Waals surface area contributed by atoms with Gasteiger partial charge in [0.25, 0.3) is 5.91 Å². The molecule has 5 heteroatoms. The summed E-state index contributed by atoms with van der Waals surface area (Å²) in [7, 11) is 1.65. The highest BCUT2D eigenvalue weighted by Gasteiger charge is 2.08. The molecule has 0 bridgehead atoms. The van der Waals surface area contributed by atoms with Crippen molar-refractivity contribution in [3.63, 3.8) is 0 Å². The summed E-state index contributed by atoms with van der Waals surface area (Å²) in [6.07, 6.45) is 12.6. The molecule has 2 aromatic rings. The maximum absolute atomic E-state index is 12.4. The second-order valence-electron chi connectivity index (χ2n) is 7.10. The molecule has 0 fully saturated rings. The Kier molecular flexibility index (Phi) is 7.47. The third-order valence-electron chi connectivity index (χ3n) is 5.02.